The average Bonchev–Trinajstić information content (AvgIpc) is 3.21. The molecule has 0 aliphatic heterocycles. The summed E-state index contributed by atoms with van der Waals surface area (Å²) in [6.07, 6.45) is 9.83. The minimum Gasteiger partial charge on any atom is -0.358 e. The SMILES string of the molecule is Cn1ncc(Cl)c1CNC(=O)CC12CC3CC(C1)CC(n1cc(Br)c([N+](=O)[O-])n1)(C3)C2. The van der Waals surface area contributed by atoms with Gasteiger partial charge in [0.2, 0.25) is 5.91 Å². The van der Waals surface area contributed by atoms with Crippen molar-refractivity contribution in [2.45, 2.75) is 57.0 Å². The molecule has 1 N–H and O–H groups in total. The number of carbonyl (C=O) groups excluding carboxylic acids is 1. The third kappa shape index (κ3) is 3.57. The summed E-state index contributed by atoms with van der Waals surface area (Å²) in [5, 5.41) is 23.3. The van der Waals surface area contributed by atoms with E-state index in [9.17, 15) is 14.9 Å². The smallest absolute Gasteiger partial charge is 0.358 e. The van der Waals surface area contributed by atoms with Gasteiger partial charge in [-0.3, -0.25) is 9.48 Å². The van der Waals surface area contributed by atoms with Gasteiger partial charge >= 0.3 is 5.82 Å². The van der Waals surface area contributed by atoms with E-state index in [2.05, 4.69) is 31.4 Å². The molecule has 9 nitrogen and oxygen atoms in total. The van der Waals surface area contributed by atoms with Crippen LogP contribution in [-0.2, 0) is 23.9 Å². The number of nitrogens with zero attached hydrogens (tertiary/aromatic N) is 5. The maximum Gasteiger partial charge on any atom is 0.404 e. The topological polar surface area (TPSA) is 108 Å². The second-order valence-electron chi connectivity index (χ2n) is 9.70. The highest BCUT2D eigenvalue weighted by Gasteiger charge is 2.60. The van der Waals surface area contributed by atoms with Gasteiger partial charge in [-0.1, -0.05) is 11.6 Å². The average molecular weight is 512 g/mol. The molecule has 1 amide bonds. The number of amides is 1. The molecule has 0 radical (unpaired) electrons. The third-order valence-electron chi connectivity index (χ3n) is 7.46. The van der Waals surface area contributed by atoms with Crippen LogP contribution < -0.4 is 5.32 Å². The zero-order valence-corrected chi connectivity index (χ0v) is 19.5. The van der Waals surface area contributed by atoms with E-state index < -0.39 is 4.92 Å². The van der Waals surface area contributed by atoms with Crippen molar-refractivity contribution in [2.75, 3.05) is 0 Å². The van der Waals surface area contributed by atoms with Crippen molar-refractivity contribution in [1.82, 2.24) is 24.9 Å². The third-order valence-corrected chi connectivity index (χ3v) is 8.34. The zero-order valence-electron chi connectivity index (χ0n) is 17.2. The summed E-state index contributed by atoms with van der Waals surface area (Å²) in [6.45, 7) is 0.348. The standard InChI is InChI=1S/C20H24BrClN6O3/c1-26-16(15(22)8-24-26)9-23-17(29)7-19-3-12-2-13(4-19)6-20(5-12,11-19)27-10-14(21)18(25-27)28(30)31/h8,10,12-13H,2-7,9,11H2,1H3,(H,23,29). The molecular weight excluding hydrogens is 488 g/mol. The molecule has 4 bridgehead atoms. The van der Waals surface area contributed by atoms with Crippen LogP contribution in [0.15, 0.2) is 16.9 Å². The molecule has 4 aliphatic rings. The van der Waals surface area contributed by atoms with Crippen molar-refractivity contribution in [3.05, 3.63) is 37.7 Å². The molecule has 2 atom stereocenters. The first-order chi connectivity index (χ1) is 14.7. The maximum absolute atomic E-state index is 12.9. The predicted octanol–water partition coefficient (Wildman–Crippen LogP) is 3.94. The summed E-state index contributed by atoms with van der Waals surface area (Å²) >= 11 is 9.45. The van der Waals surface area contributed by atoms with E-state index >= 15 is 0 Å². The van der Waals surface area contributed by atoms with Crippen LogP contribution in [0.1, 0.15) is 50.6 Å². The first-order valence-electron chi connectivity index (χ1n) is 10.5. The van der Waals surface area contributed by atoms with Crippen molar-refractivity contribution in [3.63, 3.8) is 0 Å². The second-order valence-corrected chi connectivity index (χ2v) is 11.0. The Hall–Kier alpha value is -1.94. The molecule has 2 aromatic rings. The van der Waals surface area contributed by atoms with Crippen LogP contribution in [0.5, 0.6) is 0 Å². The van der Waals surface area contributed by atoms with Crippen LogP contribution in [0.3, 0.4) is 0 Å². The van der Waals surface area contributed by atoms with Crippen molar-refractivity contribution in [3.8, 4) is 0 Å². The number of hydrogen-bond acceptors (Lipinski definition) is 5. The molecule has 6 rings (SSSR count). The van der Waals surface area contributed by atoms with Crippen LogP contribution >= 0.6 is 27.5 Å². The van der Waals surface area contributed by atoms with Gasteiger partial charge in [0.05, 0.1) is 40.3 Å². The fourth-order valence-corrected chi connectivity index (χ4v) is 7.46. The molecule has 0 spiro atoms. The number of nitrogens with one attached hydrogen (secondary N) is 1. The van der Waals surface area contributed by atoms with E-state index in [0.29, 0.717) is 34.3 Å². The predicted molar refractivity (Wildman–Crippen MR) is 116 cm³/mol. The van der Waals surface area contributed by atoms with Gasteiger partial charge < -0.3 is 15.4 Å². The van der Waals surface area contributed by atoms with Crippen molar-refractivity contribution in [1.29, 1.82) is 0 Å². The van der Waals surface area contributed by atoms with Gasteiger partial charge in [-0.2, -0.15) is 9.78 Å². The quantitative estimate of drug-likeness (QED) is 0.467. The Balaban J connectivity index is 1.36. The molecule has 4 aliphatic carbocycles. The summed E-state index contributed by atoms with van der Waals surface area (Å²) in [5.74, 6) is 0.933. The number of carbonyl (C=O) groups is 1. The summed E-state index contributed by atoms with van der Waals surface area (Å²) < 4.78 is 3.91. The fraction of sp³-hybridized carbons (Fsp3) is 0.650. The Labute approximate surface area is 192 Å². The summed E-state index contributed by atoms with van der Waals surface area (Å²) in [7, 11) is 1.80. The molecule has 166 valence electrons. The van der Waals surface area contributed by atoms with E-state index in [1.807, 2.05) is 4.68 Å². The molecule has 2 unspecified atom stereocenters. The highest BCUT2D eigenvalue weighted by atomic mass is 79.9. The first-order valence-corrected chi connectivity index (χ1v) is 11.7. The van der Waals surface area contributed by atoms with E-state index in [1.54, 1.807) is 24.1 Å². The van der Waals surface area contributed by atoms with Crippen LogP contribution in [-0.4, -0.2) is 30.4 Å². The van der Waals surface area contributed by atoms with Crippen molar-refractivity contribution in [2.24, 2.45) is 24.3 Å². The largest absolute Gasteiger partial charge is 0.404 e. The monoisotopic (exact) mass is 510 g/mol. The normalized spacial score (nSPS) is 31.2. The van der Waals surface area contributed by atoms with Gasteiger partial charge in [-0.15, -0.1) is 0 Å². The Morgan fingerprint density at radius 2 is 2.10 bits per heavy atom. The van der Waals surface area contributed by atoms with Crippen molar-refractivity contribution >= 4 is 39.3 Å². The number of hydrogen-bond donors (Lipinski definition) is 1. The van der Waals surface area contributed by atoms with E-state index in [-0.39, 0.29) is 22.7 Å². The molecule has 2 aromatic heterocycles. The van der Waals surface area contributed by atoms with Crippen molar-refractivity contribution < 1.29 is 9.72 Å². The fourth-order valence-electron chi connectivity index (χ4n) is 6.81. The highest BCUT2D eigenvalue weighted by molar-refractivity contribution is 9.10. The lowest BCUT2D eigenvalue weighted by Gasteiger charge is -2.61. The Bertz CT molecular complexity index is 1030. The summed E-state index contributed by atoms with van der Waals surface area (Å²) in [6, 6.07) is 0. The molecule has 0 aromatic carbocycles. The van der Waals surface area contributed by atoms with Gasteiger partial charge in [-0.05, 0) is 76.6 Å². The highest BCUT2D eigenvalue weighted by Crippen LogP contribution is 2.65. The van der Waals surface area contributed by atoms with Gasteiger partial charge in [-0.25, -0.2) is 0 Å². The van der Waals surface area contributed by atoms with E-state index in [0.717, 1.165) is 37.8 Å². The van der Waals surface area contributed by atoms with Gasteiger partial charge in [0.15, 0.2) is 0 Å². The molecule has 4 saturated carbocycles. The minimum atomic E-state index is -0.451. The number of halogens is 2. The van der Waals surface area contributed by atoms with Gasteiger partial charge in [0.25, 0.3) is 0 Å². The van der Waals surface area contributed by atoms with E-state index in [4.69, 9.17) is 11.6 Å². The molecule has 31 heavy (non-hydrogen) atoms. The number of aromatic nitrogens is 4. The Morgan fingerprint density at radius 1 is 1.39 bits per heavy atom. The van der Waals surface area contributed by atoms with Gasteiger partial charge in [0, 0.05) is 13.5 Å². The van der Waals surface area contributed by atoms with Crippen LogP contribution in [0.25, 0.3) is 0 Å². The number of nitro groups is 1. The van der Waals surface area contributed by atoms with Gasteiger partial charge in [0.1, 0.15) is 4.47 Å². The van der Waals surface area contributed by atoms with Crippen LogP contribution in [0.4, 0.5) is 5.82 Å². The van der Waals surface area contributed by atoms with Crippen LogP contribution in [0, 0.1) is 27.4 Å². The molecule has 2 heterocycles. The number of rotatable bonds is 6. The molecule has 0 saturated heterocycles. The molecule has 4 fully saturated rings. The van der Waals surface area contributed by atoms with E-state index in [1.165, 1.54) is 6.42 Å². The Kier molecular flexibility index (Phi) is 4.93. The summed E-state index contributed by atoms with van der Waals surface area (Å²) in [5.41, 5.74) is 0.454. The summed E-state index contributed by atoms with van der Waals surface area (Å²) in [4.78, 5) is 23.8. The Morgan fingerprint density at radius 3 is 2.68 bits per heavy atom. The lowest BCUT2D eigenvalue weighted by molar-refractivity contribution is -0.390. The lowest BCUT2D eigenvalue weighted by atomic mass is 9.46. The first kappa shape index (κ1) is 20.9. The maximum atomic E-state index is 12.9. The zero-order chi connectivity index (χ0) is 22.0. The minimum absolute atomic E-state index is 0.0157. The lowest BCUT2D eigenvalue weighted by Crippen LogP contribution is -2.57. The van der Waals surface area contributed by atoms with Crippen LogP contribution in [0.2, 0.25) is 5.02 Å². The molecular formula is C20H24BrClN6O3. The molecule has 11 heteroatoms. The number of aryl methyl sites for hydroxylation is 1. The second kappa shape index (κ2) is 7.30.